The number of pyridine rings is 1. The number of anilines is 2. The number of hydrogen-bond donors (Lipinski definition) is 1. The van der Waals surface area contributed by atoms with Gasteiger partial charge in [0, 0.05) is 23.0 Å². The highest BCUT2D eigenvalue weighted by Crippen LogP contribution is 2.36. The van der Waals surface area contributed by atoms with Gasteiger partial charge in [-0.1, -0.05) is 23.7 Å². The third kappa shape index (κ3) is 6.69. The molecular weight excluding hydrogens is 554 g/mol. The summed E-state index contributed by atoms with van der Waals surface area (Å²) >= 11 is 11.4. The van der Waals surface area contributed by atoms with Crippen molar-refractivity contribution in [2.75, 3.05) is 16.1 Å². The third-order valence-electron chi connectivity index (χ3n) is 4.95. The first-order valence-electron chi connectivity index (χ1n) is 10.1. The van der Waals surface area contributed by atoms with Crippen LogP contribution in [0.15, 0.2) is 54.7 Å². The van der Waals surface area contributed by atoms with Gasteiger partial charge in [-0.2, -0.15) is 26.3 Å². The molecule has 3 rings (SSSR count). The first kappa shape index (κ1) is 28.2. The second kappa shape index (κ2) is 10.9. The summed E-state index contributed by atoms with van der Waals surface area (Å²) < 4.78 is 94.9. The van der Waals surface area contributed by atoms with E-state index in [1.54, 1.807) is 0 Å². The van der Waals surface area contributed by atoms with Crippen LogP contribution in [0.4, 0.5) is 42.1 Å². The monoisotopic (exact) mass is 567 g/mol. The molecule has 0 fully saturated rings. The van der Waals surface area contributed by atoms with Gasteiger partial charge in [-0.25, -0.2) is 9.37 Å². The van der Waals surface area contributed by atoms with E-state index in [9.17, 15) is 40.3 Å². The summed E-state index contributed by atoms with van der Waals surface area (Å²) in [5, 5.41) is 2.13. The standard InChI is InChI=1S/C23H14Cl2F7N3O2/c24-10-18(36)35(11-12-3-1-4-16(19(12)26)23(30,31)32)15-8-13(7-14(9-15)22(27,28)29)21(37)34-17-5-2-6-33-20(17)25/h1-9H,10-11H2,(H,34,37). The molecule has 0 aliphatic rings. The van der Waals surface area contributed by atoms with Gasteiger partial charge in [0.25, 0.3) is 5.91 Å². The van der Waals surface area contributed by atoms with Crippen molar-refractivity contribution in [3.63, 3.8) is 0 Å². The number of carbonyl (C=O) groups excluding carboxylic acids is 2. The van der Waals surface area contributed by atoms with E-state index in [1.807, 2.05) is 0 Å². The number of aromatic nitrogens is 1. The molecule has 0 bridgehead atoms. The highest BCUT2D eigenvalue weighted by Gasteiger charge is 2.36. The summed E-state index contributed by atoms with van der Waals surface area (Å²) in [7, 11) is 0. The lowest BCUT2D eigenvalue weighted by atomic mass is 10.1. The Morgan fingerprint density at radius 3 is 2.27 bits per heavy atom. The molecule has 14 heteroatoms. The van der Waals surface area contributed by atoms with Gasteiger partial charge in [0.05, 0.1) is 23.4 Å². The molecule has 0 radical (unpaired) electrons. The van der Waals surface area contributed by atoms with E-state index < -0.39 is 70.4 Å². The van der Waals surface area contributed by atoms with Crippen LogP contribution >= 0.6 is 23.2 Å². The Morgan fingerprint density at radius 1 is 0.973 bits per heavy atom. The maximum Gasteiger partial charge on any atom is 0.419 e. The van der Waals surface area contributed by atoms with Crippen LogP contribution in [0, 0.1) is 5.82 Å². The minimum Gasteiger partial charge on any atom is -0.319 e. The highest BCUT2D eigenvalue weighted by molar-refractivity contribution is 6.32. The molecule has 0 saturated heterocycles. The van der Waals surface area contributed by atoms with E-state index in [4.69, 9.17) is 23.2 Å². The molecule has 0 atom stereocenters. The van der Waals surface area contributed by atoms with Crippen molar-refractivity contribution >= 4 is 46.4 Å². The topological polar surface area (TPSA) is 62.3 Å². The van der Waals surface area contributed by atoms with Gasteiger partial charge in [-0.05, 0) is 36.4 Å². The fraction of sp³-hybridized carbons (Fsp3) is 0.174. The van der Waals surface area contributed by atoms with Crippen LogP contribution in [0.3, 0.4) is 0 Å². The van der Waals surface area contributed by atoms with E-state index in [2.05, 4.69) is 10.3 Å². The molecular formula is C23H14Cl2F7N3O2. The second-order valence-corrected chi connectivity index (χ2v) is 8.08. The Kier molecular flexibility index (Phi) is 8.33. The van der Waals surface area contributed by atoms with Gasteiger partial charge in [0.2, 0.25) is 5.91 Å². The lowest BCUT2D eigenvalue weighted by molar-refractivity contribution is -0.140. The maximum absolute atomic E-state index is 14.6. The molecule has 2 amide bonds. The number of carbonyl (C=O) groups is 2. The number of alkyl halides is 7. The number of amides is 2. The zero-order chi connectivity index (χ0) is 27.5. The summed E-state index contributed by atoms with van der Waals surface area (Å²) in [6.07, 6.45) is -8.74. The van der Waals surface area contributed by atoms with Gasteiger partial charge >= 0.3 is 12.4 Å². The molecule has 0 aliphatic carbocycles. The summed E-state index contributed by atoms with van der Waals surface area (Å²) in [5.74, 6) is -4.63. The third-order valence-corrected chi connectivity index (χ3v) is 5.48. The molecule has 0 spiro atoms. The number of halogens is 9. The predicted octanol–water partition coefficient (Wildman–Crippen LogP) is 6.94. The van der Waals surface area contributed by atoms with Gasteiger partial charge in [0.15, 0.2) is 5.15 Å². The lowest BCUT2D eigenvalue weighted by Crippen LogP contribution is -2.32. The average molecular weight is 568 g/mol. The molecule has 37 heavy (non-hydrogen) atoms. The predicted molar refractivity (Wildman–Crippen MR) is 122 cm³/mol. The minimum absolute atomic E-state index is 0.0205. The number of benzene rings is 2. The first-order chi connectivity index (χ1) is 17.2. The number of nitrogens with one attached hydrogen (secondary N) is 1. The second-order valence-electron chi connectivity index (χ2n) is 7.45. The molecule has 1 aromatic heterocycles. The Morgan fingerprint density at radius 2 is 1.68 bits per heavy atom. The van der Waals surface area contributed by atoms with Crippen molar-refractivity contribution in [2.24, 2.45) is 0 Å². The zero-order valence-electron chi connectivity index (χ0n) is 18.2. The first-order valence-corrected chi connectivity index (χ1v) is 11.0. The van der Waals surface area contributed by atoms with Crippen LogP contribution in [0.1, 0.15) is 27.0 Å². The Labute approximate surface area is 214 Å². The van der Waals surface area contributed by atoms with Gasteiger partial charge < -0.3 is 10.2 Å². The summed E-state index contributed by atoms with van der Waals surface area (Å²) in [6.45, 7) is -0.905. The molecule has 3 aromatic rings. The van der Waals surface area contributed by atoms with Crippen LogP contribution < -0.4 is 10.2 Å². The van der Waals surface area contributed by atoms with Crippen molar-refractivity contribution < 1.29 is 40.3 Å². The van der Waals surface area contributed by atoms with Crippen LogP contribution in [-0.4, -0.2) is 22.7 Å². The quantitative estimate of drug-likeness (QED) is 0.199. The van der Waals surface area contributed by atoms with E-state index in [0.717, 1.165) is 18.2 Å². The molecule has 0 saturated carbocycles. The van der Waals surface area contributed by atoms with Crippen LogP contribution in [0.5, 0.6) is 0 Å². The molecule has 1 heterocycles. The largest absolute Gasteiger partial charge is 0.419 e. The Balaban J connectivity index is 2.10. The lowest BCUT2D eigenvalue weighted by Gasteiger charge is -2.25. The molecule has 196 valence electrons. The number of hydrogen-bond acceptors (Lipinski definition) is 3. The fourth-order valence-corrected chi connectivity index (χ4v) is 3.53. The Hall–Kier alpha value is -3.38. The van der Waals surface area contributed by atoms with Crippen molar-refractivity contribution in [3.8, 4) is 0 Å². The summed E-state index contributed by atoms with van der Waals surface area (Å²) in [6, 6.07) is 6.90. The fourth-order valence-electron chi connectivity index (χ4n) is 3.22. The summed E-state index contributed by atoms with van der Waals surface area (Å²) in [4.78, 5) is 29.6. The van der Waals surface area contributed by atoms with E-state index in [-0.39, 0.29) is 10.8 Å². The highest BCUT2D eigenvalue weighted by atomic mass is 35.5. The SMILES string of the molecule is O=C(Nc1cccnc1Cl)c1cc(N(Cc2cccc(C(F)(F)F)c2F)C(=O)CCl)cc(C(F)(F)F)c1. The van der Waals surface area contributed by atoms with Gasteiger partial charge in [-0.15, -0.1) is 11.6 Å². The van der Waals surface area contributed by atoms with Crippen molar-refractivity contribution in [1.82, 2.24) is 4.98 Å². The van der Waals surface area contributed by atoms with E-state index >= 15 is 0 Å². The zero-order valence-corrected chi connectivity index (χ0v) is 19.7. The summed E-state index contributed by atoms with van der Waals surface area (Å²) in [5.41, 5.74) is -4.78. The molecule has 5 nitrogen and oxygen atoms in total. The van der Waals surface area contributed by atoms with E-state index in [1.165, 1.54) is 18.3 Å². The smallest absolute Gasteiger partial charge is 0.319 e. The van der Waals surface area contributed by atoms with Crippen LogP contribution in [0.2, 0.25) is 5.15 Å². The molecule has 1 N–H and O–H groups in total. The maximum atomic E-state index is 14.6. The van der Waals surface area contributed by atoms with Crippen LogP contribution in [0.25, 0.3) is 0 Å². The Bertz CT molecular complexity index is 1330. The molecule has 2 aromatic carbocycles. The van der Waals surface area contributed by atoms with E-state index in [0.29, 0.717) is 23.1 Å². The molecule has 0 aliphatic heterocycles. The van der Waals surface area contributed by atoms with Crippen molar-refractivity contribution in [2.45, 2.75) is 18.9 Å². The van der Waals surface area contributed by atoms with Crippen LogP contribution in [-0.2, 0) is 23.7 Å². The molecule has 0 unspecified atom stereocenters. The number of rotatable bonds is 6. The normalized spacial score (nSPS) is 11.8. The number of nitrogens with zero attached hydrogens (tertiary/aromatic N) is 2. The van der Waals surface area contributed by atoms with Crippen molar-refractivity contribution in [3.05, 3.63) is 88.0 Å². The average Bonchev–Trinajstić information content (AvgIpc) is 2.82. The van der Waals surface area contributed by atoms with Gasteiger partial charge in [0.1, 0.15) is 11.7 Å². The van der Waals surface area contributed by atoms with Crippen molar-refractivity contribution in [1.29, 1.82) is 0 Å². The van der Waals surface area contributed by atoms with Gasteiger partial charge in [-0.3, -0.25) is 9.59 Å². The minimum atomic E-state index is -5.06.